The molecule has 0 bridgehead atoms. The Bertz CT molecular complexity index is 1580. The predicted molar refractivity (Wildman–Crippen MR) is 140 cm³/mol. The number of fused-ring (bicyclic) bond motifs is 2. The summed E-state index contributed by atoms with van der Waals surface area (Å²) in [7, 11) is 0. The molecule has 0 saturated carbocycles. The monoisotopic (exact) mass is 609 g/mol. The standard InChI is InChI=1S/C21H20FN9O6S3/c1-9-4-30-8-29(15(24-7-32)19(30)39-9)5-10-6-38-18-12(17(34)31(18)13(10)20(35)36)25-16(33)11(27-37-3-2-22)14-26-21(23)40-28-14/h4,7-8,12,18H,2-3,5-6H2,1H3,(H4-,23,24,25,26,28,32,33,35,36)/b27-11-/t12-,18-/m1/s1. The van der Waals surface area contributed by atoms with Crippen LogP contribution in [0.3, 0.4) is 0 Å². The van der Waals surface area contributed by atoms with E-state index in [1.54, 1.807) is 10.9 Å². The van der Waals surface area contributed by atoms with Crippen molar-refractivity contribution in [3.8, 4) is 0 Å². The Morgan fingerprint density at radius 3 is 2.92 bits per heavy atom. The van der Waals surface area contributed by atoms with Gasteiger partial charge in [-0.25, -0.2) is 8.96 Å². The molecule has 210 valence electrons. The van der Waals surface area contributed by atoms with Crippen molar-refractivity contribution >= 4 is 80.3 Å². The van der Waals surface area contributed by atoms with Crippen molar-refractivity contribution < 1.29 is 37.9 Å². The van der Waals surface area contributed by atoms with E-state index in [0.717, 1.165) is 26.1 Å². The molecule has 0 unspecified atom stereocenters. The summed E-state index contributed by atoms with van der Waals surface area (Å²) >= 11 is 3.49. The van der Waals surface area contributed by atoms with Crippen molar-refractivity contribution in [2.45, 2.75) is 24.9 Å². The molecular formula is C21H20FN9O6S3. The summed E-state index contributed by atoms with van der Waals surface area (Å²) in [4.78, 5) is 61.0. The number of hydrogen-bond acceptors (Lipinski definition) is 13. The van der Waals surface area contributed by atoms with Crippen molar-refractivity contribution in [3.63, 3.8) is 0 Å². The van der Waals surface area contributed by atoms with Crippen molar-refractivity contribution in [2.75, 3.05) is 30.1 Å². The molecule has 0 aliphatic carbocycles. The van der Waals surface area contributed by atoms with Crippen LogP contribution in [0.4, 0.5) is 15.3 Å². The summed E-state index contributed by atoms with van der Waals surface area (Å²) in [5, 5.41) is 20.3. The average Bonchev–Trinajstić information content (AvgIpc) is 3.59. The van der Waals surface area contributed by atoms with Gasteiger partial charge in [-0.3, -0.25) is 24.6 Å². The van der Waals surface area contributed by atoms with Crippen LogP contribution in [0, 0.1) is 6.92 Å². The Kier molecular flexibility index (Phi) is 7.68. The van der Waals surface area contributed by atoms with Crippen molar-refractivity contribution in [2.24, 2.45) is 5.16 Å². The number of nitrogen functional groups attached to an aromatic ring is 1. The van der Waals surface area contributed by atoms with Gasteiger partial charge in [-0.2, -0.15) is 13.8 Å². The van der Waals surface area contributed by atoms with Gasteiger partial charge in [0.25, 0.3) is 28.8 Å². The molecule has 15 nitrogen and oxygen atoms in total. The number of carbonyl (C=O) groups excluding carboxylic acids is 4. The van der Waals surface area contributed by atoms with Crippen LogP contribution in [-0.4, -0.2) is 79.2 Å². The highest BCUT2D eigenvalue weighted by molar-refractivity contribution is 8.00. The molecule has 1 fully saturated rings. The highest BCUT2D eigenvalue weighted by Gasteiger charge is 2.53. The minimum atomic E-state index is -1.55. The third-order valence-electron chi connectivity index (χ3n) is 5.84. The molecule has 2 aliphatic rings. The van der Waals surface area contributed by atoms with E-state index in [1.807, 2.05) is 17.5 Å². The molecule has 40 heavy (non-hydrogen) atoms. The number of aliphatic carboxylic acids is 1. The van der Waals surface area contributed by atoms with E-state index in [2.05, 4.69) is 25.1 Å². The summed E-state index contributed by atoms with van der Waals surface area (Å²) in [5.74, 6) is -2.61. The van der Waals surface area contributed by atoms with Crippen LogP contribution in [0.5, 0.6) is 0 Å². The Labute approximate surface area is 236 Å². The lowest BCUT2D eigenvalue weighted by atomic mass is 10.0. The first-order valence-electron chi connectivity index (χ1n) is 11.5. The Hall–Kier alpha value is -4.10. The first kappa shape index (κ1) is 27.5. The van der Waals surface area contributed by atoms with E-state index in [4.69, 9.17) is 10.6 Å². The van der Waals surface area contributed by atoms with Gasteiger partial charge in [0.15, 0.2) is 5.13 Å². The fourth-order valence-electron chi connectivity index (χ4n) is 4.26. The highest BCUT2D eigenvalue weighted by Crippen LogP contribution is 2.41. The largest absolute Gasteiger partial charge is 0.543 e. The Morgan fingerprint density at radius 1 is 1.45 bits per heavy atom. The first-order chi connectivity index (χ1) is 19.2. The number of β-lactam (4-membered cyclic amide) rings is 1. The van der Waals surface area contributed by atoms with Crippen LogP contribution in [0.1, 0.15) is 10.7 Å². The number of oxime groups is 1. The smallest absolute Gasteiger partial charge is 0.278 e. The molecule has 2 aliphatic heterocycles. The Morgan fingerprint density at radius 2 is 2.25 bits per heavy atom. The number of hydrogen-bond donors (Lipinski definition) is 3. The second kappa shape index (κ2) is 11.2. The zero-order valence-electron chi connectivity index (χ0n) is 20.5. The molecule has 5 heterocycles. The number of nitrogens with one attached hydrogen (secondary N) is 2. The number of carboxylic acid groups (broad SMARTS) is 1. The van der Waals surface area contributed by atoms with Gasteiger partial charge in [-0.05, 0) is 6.92 Å². The van der Waals surface area contributed by atoms with Gasteiger partial charge in [0.2, 0.25) is 17.9 Å². The third-order valence-corrected chi connectivity index (χ3v) is 8.75. The minimum Gasteiger partial charge on any atom is -0.543 e. The van der Waals surface area contributed by atoms with E-state index < -0.39 is 48.2 Å². The van der Waals surface area contributed by atoms with Crippen LogP contribution in [0.2, 0.25) is 0 Å². The van der Waals surface area contributed by atoms with Gasteiger partial charge in [-0.15, -0.1) is 11.8 Å². The zero-order valence-corrected chi connectivity index (χ0v) is 23.0. The number of halogens is 1. The predicted octanol–water partition coefficient (Wildman–Crippen LogP) is -1.61. The molecular weight excluding hydrogens is 589 g/mol. The molecule has 0 spiro atoms. The maximum atomic E-state index is 13.1. The van der Waals surface area contributed by atoms with E-state index in [-0.39, 0.29) is 29.0 Å². The van der Waals surface area contributed by atoms with E-state index >= 15 is 0 Å². The molecule has 0 radical (unpaired) electrons. The minimum absolute atomic E-state index is 0.0496. The number of thiazole rings is 1. The van der Waals surface area contributed by atoms with Gasteiger partial charge in [0.1, 0.15) is 37.4 Å². The van der Waals surface area contributed by atoms with Gasteiger partial charge in [0.05, 0.1) is 11.7 Å². The summed E-state index contributed by atoms with van der Waals surface area (Å²) < 4.78 is 19.9. The molecule has 0 aromatic carbocycles. The summed E-state index contributed by atoms with van der Waals surface area (Å²) in [6, 6.07) is -1.10. The fraction of sp³-hybridized carbons (Fsp3) is 0.333. The Balaban J connectivity index is 1.38. The summed E-state index contributed by atoms with van der Waals surface area (Å²) in [6.45, 7) is 0.704. The second-order valence-corrected chi connectivity index (χ2v) is 11.6. The molecule has 3 aromatic rings. The number of aromatic nitrogens is 4. The number of rotatable bonds is 11. The maximum Gasteiger partial charge on any atom is 0.278 e. The van der Waals surface area contributed by atoms with Gasteiger partial charge >= 0.3 is 0 Å². The summed E-state index contributed by atoms with van der Waals surface area (Å²) in [6.07, 6.45) is 4.12. The molecule has 1 saturated heterocycles. The molecule has 19 heteroatoms. The first-order valence-corrected chi connectivity index (χ1v) is 14.1. The van der Waals surface area contributed by atoms with E-state index in [0.29, 0.717) is 17.8 Å². The lowest BCUT2D eigenvalue weighted by Crippen LogP contribution is -2.71. The fourth-order valence-corrected chi connectivity index (χ4v) is 6.98. The van der Waals surface area contributed by atoms with Crippen molar-refractivity contribution in [3.05, 3.63) is 34.5 Å². The topological polar surface area (TPSA) is 201 Å². The normalized spacial score (nSPS) is 18.9. The SMILES string of the molecule is Cc1c[n+]2cn(CC3=C(C(=O)[O-])N4C(=O)[C@@H](NC(=O)/C(=N\OCCF)c5nsc(N)n5)[C@H]4SC3)c(NC=O)c2s1. The number of carbonyl (C=O) groups is 4. The molecule has 2 atom stereocenters. The van der Waals surface area contributed by atoms with Crippen LogP contribution >= 0.6 is 34.6 Å². The number of imidazole rings is 1. The number of nitrogens with two attached hydrogens (primary N) is 1. The number of thioether (sulfide) groups is 1. The number of amides is 3. The van der Waals surface area contributed by atoms with E-state index in [9.17, 15) is 28.7 Å². The van der Waals surface area contributed by atoms with Crippen LogP contribution in [-0.2, 0) is 30.6 Å². The zero-order chi connectivity index (χ0) is 28.6. The van der Waals surface area contributed by atoms with E-state index in [1.165, 1.54) is 23.1 Å². The van der Waals surface area contributed by atoms with Crippen molar-refractivity contribution in [1.82, 2.24) is 24.1 Å². The summed E-state index contributed by atoms with van der Waals surface area (Å²) in [5.41, 5.74) is 5.25. The van der Waals surface area contributed by atoms with Crippen molar-refractivity contribution in [1.29, 1.82) is 0 Å². The van der Waals surface area contributed by atoms with Gasteiger partial charge < -0.3 is 25.8 Å². The number of anilines is 2. The second-order valence-electron chi connectivity index (χ2n) is 8.43. The lowest BCUT2D eigenvalue weighted by Gasteiger charge is -2.50. The molecule has 5 rings (SSSR count). The van der Waals surface area contributed by atoms with Crippen LogP contribution in [0.25, 0.3) is 4.83 Å². The third kappa shape index (κ3) is 4.97. The van der Waals surface area contributed by atoms with Crippen LogP contribution in [0.15, 0.2) is 29.0 Å². The number of aryl methyl sites for hydroxylation is 1. The molecule has 3 amide bonds. The molecule has 4 N–H and O–H groups in total. The van der Waals surface area contributed by atoms with Crippen LogP contribution < -0.4 is 25.9 Å². The quantitative estimate of drug-likeness (QED) is 0.0567. The average molecular weight is 610 g/mol. The molecule has 3 aromatic heterocycles. The highest BCUT2D eigenvalue weighted by atomic mass is 32.2. The lowest BCUT2D eigenvalue weighted by molar-refractivity contribution is -0.508. The number of nitrogens with zero attached hydrogens (tertiary/aromatic N) is 6. The number of alkyl halides is 1. The maximum absolute atomic E-state index is 13.1. The van der Waals surface area contributed by atoms with Gasteiger partial charge in [0, 0.05) is 27.7 Å². The van der Waals surface area contributed by atoms with Gasteiger partial charge in [-0.1, -0.05) is 16.5 Å². The number of carboxylic acids is 1.